The molecule has 0 unspecified atom stereocenters. The first-order valence-electron chi connectivity index (χ1n) is 14.7. The fourth-order valence-electron chi connectivity index (χ4n) is 6.02. The number of methoxy groups -OCH3 is 1. The van der Waals surface area contributed by atoms with E-state index in [9.17, 15) is 22.4 Å². The van der Waals surface area contributed by atoms with Crippen LogP contribution in [0, 0.1) is 23.2 Å². The predicted octanol–water partition coefficient (Wildman–Crippen LogP) is 6.75. The van der Waals surface area contributed by atoms with Crippen LogP contribution in [0.3, 0.4) is 0 Å². The van der Waals surface area contributed by atoms with Crippen LogP contribution in [0.2, 0.25) is 0 Å². The molecule has 1 saturated heterocycles. The maximum Gasteiger partial charge on any atom is 0.406 e. The highest BCUT2D eigenvalue weighted by molar-refractivity contribution is 6.03. The average Bonchev–Trinajstić information content (AvgIpc) is 3.71. The van der Waals surface area contributed by atoms with Gasteiger partial charge in [0.15, 0.2) is 5.78 Å². The van der Waals surface area contributed by atoms with E-state index in [0.717, 1.165) is 24.0 Å². The van der Waals surface area contributed by atoms with Gasteiger partial charge < -0.3 is 24.8 Å². The summed E-state index contributed by atoms with van der Waals surface area (Å²) in [7, 11) is 3.39. The van der Waals surface area contributed by atoms with Crippen LogP contribution in [0.15, 0.2) is 42.5 Å². The molecule has 43 heavy (non-hydrogen) atoms. The number of carbonyl (C=O) groups is 1. The number of ether oxygens (including phenoxy) is 1. The maximum atomic E-state index is 14.7. The molecule has 3 aromatic rings. The number of halogens is 4. The Labute approximate surface area is 249 Å². The Hall–Kier alpha value is -3.71. The molecule has 1 aliphatic carbocycles. The third kappa shape index (κ3) is 6.62. The van der Waals surface area contributed by atoms with Crippen molar-refractivity contribution in [3.05, 3.63) is 53.7 Å². The third-order valence-corrected chi connectivity index (χ3v) is 8.76. The molecule has 230 valence electrons. The van der Waals surface area contributed by atoms with Gasteiger partial charge in [0.2, 0.25) is 0 Å². The fraction of sp³-hybridized carbons (Fsp3) is 0.485. The summed E-state index contributed by atoms with van der Waals surface area (Å²) in [6.45, 7) is 4.11. The predicted molar refractivity (Wildman–Crippen MR) is 162 cm³/mol. The number of Topliss-reactive ketones (excluding diaryl/α,β-unsaturated/α-hetero) is 1. The number of hydrogen-bond donors (Lipinski definition) is 2. The number of piperidine rings is 1. The molecule has 0 spiro atoms. The number of rotatable bonds is 9. The first-order valence-corrected chi connectivity index (χ1v) is 14.7. The minimum Gasteiger partial charge on any atom is -0.495 e. The zero-order chi connectivity index (χ0) is 30.9. The summed E-state index contributed by atoms with van der Waals surface area (Å²) >= 11 is 0. The van der Waals surface area contributed by atoms with Crippen molar-refractivity contribution in [1.29, 1.82) is 0 Å². The number of anilines is 2. The summed E-state index contributed by atoms with van der Waals surface area (Å²) in [6, 6.07) is 11.5. The molecule has 1 aromatic heterocycles. The van der Waals surface area contributed by atoms with Crippen molar-refractivity contribution < 1.29 is 27.1 Å². The highest BCUT2D eigenvalue weighted by Gasteiger charge is 2.52. The Balaban J connectivity index is 1.36. The zero-order valence-corrected chi connectivity index (χ0v) is 24.9. The van der Waals surface area contributed by atoms with Crippen LogP contribution < -0.4 is 15.4 Å². The van der Waals surface area contributed by atoms with Gasteiger partial charge >= 0.3 is 6.18 Å². The number of carbonyl (C=O) groups excluding carboxylic acids is 1. The van der Waals surface area contributed by atoms with Crippen molar-refractivity contribution >= 4 is 28.1 Å². The molecule has 1 saturated carbocycles. The van der Waals surface area contributed by atoms with Crippen LogP contribution in [0.4, 0.5) is 28.9 Å². The summed E-state index contributed by atoms with van der Waals surface area (Å²) < 4.78 is 62.2. The van der Waals surface area contributed by atoms with E-state index in [1.165, 1.54) is 7.11 Å². The minimum atomic E-state index is -4.46. The molecule has 2 fully saturated rings. The largest absolute Gasteiger partial charge is 0.495 e. The summed E-state index contributed by atoms with van der Waals surface area (Å²) in [5.41, 5.74) is 2.10. The number of hydrogen-bond acceptors (Lipinski definition) is 5. The van der Waals surface area contributed by atoms with Gasteiger partial charge in [-0.25, -0.2) is 4.39 Å². The molecule has 2 N–H and O–H groups in total. The number of nitrogens with one attached hydrogen (secondary N) is 2. The molecule has 1 aliphatic heterocycles. The Bertz CT molecular complexity index is 1550. The van der Waals surface area contributed by atoms with Gasteiger partial charge in [0, 0.05) is 35.1 Å². The van der Waals surface area contributed by atoms with Gasteiger partial charge in [0.05, 0.1) is 36.6 Å². The highest BCUT2D eigenvalue weighted by atomic mass is 19.4. The van der Waals surface area contributed by atoms with Gasteiger partial charge in [0.1, 0.15) is 18.5 Å². The lowest BCUT2D eigenvalue weighted by molar-refractivity contribution is -0.140. The highest BCUT2D eigenvalue weighted by Crippen LogP contribution is 2.54. The van der Waals surface area contributed by atoms with Crippen LogP contribution in [-0.2, 0) is 6.54 Å². The zero-order valence-electron chi connectivity index (χ0n) is 24.9. The lowest BCUT2D eigenvalue weighted by Crippen LogP contribution is -2.46. The van der Waals surface area contributed by atoms with Gasteiger partial charge in [-0.2, -0.15) is 13.2 Å². The van der Waals surface area contributed by atoms with E-state index in [4.69, 9.17) is 4.74 Å². The van der Waals surface area contributed by atoms with Crippen LogP contribution >= 0.6 is 0 Å². The van der Waals surface area contributed by atoms with Gasteiger partial charge in [-0.15, -0.1) is 0 Å². The lowest BCUT2D eigenvalue weighted by Gasteiger charge is -2.33. The Morgan fingerprint density at radius 3 is 2.58 bits per heavy atom. The first-order chi connectivity index (χ1) is 20.4. The van der Waals surface area contributed by atoms with Gasteiger partial charge in [-0.3, -0.25) is 4.79 Å². The van der Waals surface area contributed by atoms with E-state index in [-0.39, 0.29) is 29.4 Å². The molecule has 5 rings (SSSR count). The molecule has 0 radical (unpaired) electrons. The van der Waals surface area contributed by atoms with Crippen molar-refractivity contribution in [1.82, 2.24) is 9.47 Å². The Morgan fingerprint density at radius 2 is 1.93 bits per heavy atom. The Morgan fingerprint density at radius 1 is 1.16 bits per heavy atom. The molecule has 2 aliphatic rings. The molecular formula is C33H38F4N4O2. The van der Waals surface area contributed by atoms with E-state index >= 15 is 0 Å². The number of alkyl halides is 4. The van der Waals surface area contributed by atoms with Crippen LogP contribution in [0.25, 0.3) is 10.9 Å². The second kappa shape index (κ2) is 12.1. The van der Waals surface area contributed by atoms with E-state index < -0.39 is 24.9 Å². The van der Waals surface area contributed by atoms with E-state index in [1.54, 1.807) is 42.5 Å². The van der Waals surface area contributed by atoms with Crippen molar-refractivity contribution in [3.8, 4) is 17.6 Å². The second-order valence-corrected chi connectivity index (χ2v) is 12.0. The molecule has 2 heterocycles. The molecule has 10 heteroatoms. The molecule has 2 atom stereocenters. The average molecular weight is 599 g/mol. The number of benzene rings is 2. The van der Waals surface area contributed by atoms with Crippen molar-refractivity contribution in [2.45, 2.75) is 58.0 Å². The smallest absolute Gasteiger partial charge is 0.406 e. The van der Waals surface area contributed by atoms with Crippen molar-refractivity contribution in [2.75, 3.05) is 44.4 Å². The molecule has 0 amide bonds. The summed E-state index contributed by atoms with van der Waals surface area (Å²) in [6.07, 6.45) is -3.18. The molecule has 0 bridgehead atoms. The molecule has 2 aromatic carbocycles. The van der Waals surface area contributed by atoms with Gasteiger partial charge in [0.25, 0.3) is 0 Å². The van der Waals surface area contributed by atoms with Gasteiger partial charge in [-0.05, 0) is 74.5 Å². The topological polar surface area (TPSA) is 58.5 Å². The van der Waals surface area contributed by atoms with E-state index in [1.807, 2.05) is 11.9 Å². The number of ketones is 1. The van der Waals surface area contributed by atoms with Crippen LogP contribution in [0.5, 0.6) is 5.75 Å². The van der Waals surface area contributed by atoms with E-state index in [0.29, 0.717) is 46.6 Å². The SMILES string of the molecule is COc1cc(C(=O)C2(C(C)C)CC2)ccc1NCC#Cc1cc2c(N[C@@H]3CCN(C)C[C@@H]3F)cccc2n1CC(F)(F)F. The first kappa shape index (κ1) is 30.7. The Kier molecular flexibility index (Phi) is 8.66. The third-order valence-electron chi connectivity index (χ3n) is 8.76. The number of likely N-dealkylation sites (tertiary alicyclic amines) is 1. The molecule has 6 nitrogen and oxygen atoms in total. The number of aromatic nitrogens is 1. The van der Waals surface area contributed by atoms with Crippen LogP contribution in [0.1, 0.15) is 49.2 Å². The normalized spacial score (nSPS) is 20.0. The van der Waals surface area contributed by atoms with Crippen LogP contribution in [-0.4, -0.2) is 67.4 Å². The lowest BCUT2D eigenvalue weighted by atomic mass is 9.84. The standard InChI is InChI=1S/C33H38F4N4O2/c1-21(2)32(13-14-32)31(42)22-10-11-28(30(17-22)43-4)38-15-6-7-23-18-24-26(39-27-12-16-40(3)19-25(27)34)8-5-9-29(24)41(23)20-33(35,36)37/h5,8-11,17-18,21,25,27,38-39H,12-16,19-20H2,1-4H3/t25-,27+/m0/s1. The van der Waals surface area contributed by atoms with E-state index in [2.05, 4.69) is 36.3 Å². The quantitative estimate of drug-likeness (QED) is 0.162. The maximum absolute atomic E-state index is 14.7. The van der Waals surface area contributed by atoms with Gasteiger partial charge in [-0.1, -0.05) is 25.8 Å². The summed E-state index contributed by atoms with van der Waals surface area (Å²) in [5.74, 6) is 6.70. The molecular weight excluding hydrogens is 560 g/mol. The van der Waals surface area contributed by atoms with Crippen molar-refractivity contribution in [3.63, 3.8) is 0 Å². The second-order valence-electron chi connectivity index (χ2n) is 12.0. The fourth-order valence-corrected chi connectivity index (χ4v) is 6.02. The monoisotopic (exact) mass is 598 g/mol. The van der Waals surface area contributed by atoms with Crippen molar-refractivity contribution in [2.24, 2.45) is 11.3 Å². The minimum absolute atomic E-state index is 0.122. The summed E-state index contributed by atoms with van der Waals surface area (Å²) in [4.78, 5) is 15.1. The number of nitrogens with zero attached hydrogens (tertiary/aromatic N) is 2. The summed E-state index contributed by atoms with van der Waals surface area (Å²) in [5, 5.41) is 6.95. The number of fused-ring (bicyclic) bond motifs is 1.